The Hall–Kier alpha value is -4.82. The van der Waals surface area contributed by atoms with Crippen LogP contribution in [0.4, 0.5) is 0 Å². The number of carbonyl (C=O) groups is 2. The molecule has 0 radical (unpaired) electrons. The van der Waals surface area contributed by atoms with Crippen molar-refractivity contribution in [2.45, 2.75) is 67.7 Å². The van der Waals surface area contributed by atoms with Crippen LogP contribution in [-0.2, 0) is 19.1 Å². The van der Waals surface area contributed by atoms with Crippen LogP contribution in [0.1, 0.15) is 67.7 Å². The molecule has 0 fully saturated rings. The van der Waals surface area contributed by atoms with Gasteiger partial charge in [-0.1, -0.05) is 120 Å². The van der Waals surface area contributed by atoms with Crippen molar-refractivity contribution in [3.05, 3.63) is 144 Å². The van der Waals surface area contributed by atoms with Crippen LogP contribution >= 0.6 is 0 Å². The molecule has 0 saturated carbocycles. The first kappa shape index (κ1) is 42.2. The summed E-state index contributed by atoms with van der Waals surface area (Å²) in [5.41, 5.74) is 6.53. The lowest BCUT2D eigenvalue weighted by Crippen LogP contribution is -2.20. The summed E-state index contributed by atoms with van der Waals surface area (Å²) < 4.78 is 10.5. The average Bonchev–Trinajstić information content (AvgIpc) is 3.51. The summed E-state index contributed by atoms with van der Waals surface area (Å²) in [6.45, 7) is 21.8. The Morgan fingerprint density at radius 2 is 1.38 bits per heavy atom. The number of ether oxygens (including phenoxy) is 2. The van der Waals surface area contributed by atoms with Crippen LogP contribution in [0, 0.1) is 24.7 Å². The Balaban J connectivity index is 0.00000508. The highest BCUT2D eigenvalue weighted by atomic mass is 16.5. The molecule has 0 aromatic carbocycles. The maximum absolute atomic E-state index is 11.6. The molecule has 0 aromatic rings. The lowest BCUT2D eigenvalue weighted by atomic mass is 9.98. The van der Waals surface area contributed by atoms with E-state index in [2.05, 4.69) is 112 Å². The van der Waals surface area contributed by atoms with Crippen molar-refractivity contribution < 1.29 is 19.1 Å². The topological polar surface area (TPSA) is 55.8 Å². The standard InChI is InChI=1S/C38H47NO4.C2H6.C2H2/c1-8-31-15-13-17-33(23-21-31)30(7)20-25-35(10-3)39(34(9-2)24-19-29(6)27-42-37(40)11-4)36-18-14-16-32(22-26-36)28-43-38(41)12-5;2*1-2/h9-12,15-26,29-30H,4-5,8,13-14,27-28H2,1-3,6-7H3;1-2H3;1-2H/b24-19-,25-20-,34-9+,35-10+;;. The summed E-state index contributed by atoms with van der Waals surface area (Å²) in [5.74, 6) is -0.640. The van der Waals surface area contributed by atoms with E-state index in [9.17, 15) is 9.59 Å². The first-order valence-electron chi connectivity index (χ1n) is 16.3. The van der Waals surface area contributed by atoms with Gasteiger partial charge in [-0.05, 0) is 68.4 Å². The van der Waals surface area contributed by atoms with Crippen molar-refractivity contribution in [2.24, 2.45) is 11.8 Å². The van der Waals surface area contributed by atoms with Crippen LogP contribution in [0.25, 0.3) is 0 Å². The predicted molar refractivity (Wildman–Crippen MR) is 200 cm³/mol. The molecule has 2 aliphatic carbocycles. The zero-order valence-corrected chi connectivity index (χ0v) is 29.6. The van der Waals surface area contributed by atoms with E-state index >= 15 is 0 Å². The molecule has 0 N–H and O–H groups in total. The van der Waals surface area contributed by atoms with Crippen molar-refractivity contribution in [3.8, 4) is 12.8 Å². The van der Waals surface area contributed by atoms with Crippen LogP contribution < -0.4 is 0 Å². The SMILES string of the molecule is C#C.C=CC(=O)OCC1=CCC=C(N(C(/C=C\C(C)COC(=O)C=C)=C/C)C(/C=C\C(C)C2=CCC=C(CC)C=C2)=C/C)C=C1.CC. The normalized spacial score (nSPS) is 15.9. The highest BCUT2D eigenvalue weighted by molar-refractivity contribution is 5.81. The van der Waals surface area contributed by atoms with Gasteiger partial charge in [-0.3, -0.25) is 0 Å². The van der Waals surface area contributed by atoms with Gasteiger partial charge in [0.2, 0.25) is 0 Å². The van der Waals surface area contributed by atoms with Gasteiger partial charge in [0.1, 0.15) is 6.61 Å². The minimum absolute atomic E-state index is 0.00683. The molecular weight excluding hydrogens is 582 g/mol. The van der Waals surface area contributed by atoms with Crippen molar-refractivity contribution in [2.75, 3.05) is 13.2 Å². The van der Waals surface area contributed by atoms with Gasteiger partial charge < -0.3 is 14.4 Å². The summed E-state index contributed by atoms with van der Waals surface area (Å²) in [7, 11) is 0. The van der Waals surface area contributed by atoms with E-state index in [-0.39, 0.29) is 25.0 Å². The second-order valence-corrected chi connectivity index (χ2v) is 10.3. The largest absolute Gasteiger partial charge is 0.462 e. The molecule has 0 aliphatic heterocycles. The van der Waals surface area contributed by atoms with Crippen LogP contribution in [0.2, 0.25) is 0 Å². The van der Waals surface area contributed by atoms with E-state index < -0.39 is 11.9 Å². The predicted octanol–water partition coefficient (Wildman–Crippen LogP) is 10.2. The van der Waals surface area contributed by atoms with Crippen LogP contribution in [0.3, 0.4) is 0 Å². The zero-order chi connectivity index (χ0) is 35.6. The van der Waals surface area contributed by atoms with E-state index in [1.807, 2.05) is 52.8 Å². The molecule has 47 heavy (non-hydrogen) atoms. The number of hydrogen-bond donors (Lipinski definition) is 0. The first-order valence-corrected chi connectivity index (χ1v) is 16.3. The molecule has 0 aromatic heterocycles. The van der Waals surface area contributed by atoms with E-state index in [4.69, 9.17) is 9.47 Å². The van der Waals surface area contributed by atoms with Crippen LogP contribution in [-0.4, -0.2) is 30.1 Å². The van der Waals surface area contributed by atoms with Gasteiger partial charge in [0.05, 0.1) is 6.61 Å². The molecule has 2 rings (SSSR count). The van der Waals surface area contributed by atoms with Crippen LogP contribution in [0.15, 0.2) is 144 Å². The number of nitrogens with zero attached hydrogens (tertiary/aromatic N) is 1. The number of rotatable bonds is 15. The Labute approximate surface area is 285 Å². The lowest BCUT2D eigenvalue weighted by Gasteiger charge is -2.29. The van der Waals surface area contributed by atoms with Crippen molar-refractivity contribution >= 4 is 11.9 Å². The summed E-state index contributed by atoms with van der Waals surface area (Å²) in [4.78, 5) is 25.4. The molecule has 0 saturated heterocycles. The number of terminal acetylenes is 1. The third-order valence-corrected chi connectivity index (χ3v) is 7.05. The summed E-state index contributed by atoms with van der Waals surface area (Å²) >= 11 is 0. The second kappa shape index (κ2) is 25.4. The minimum Gasteiger partial charge on any atom is -0.462 e. The Bertz CT molecular complexity index is 1370. The zero-order valence-electron chi connectivity index (χ0n) is 29.6. The van der Waals surface area contributed by atoms with Gasteiger partial charge in [-0.15, -0.1) is 12.8 Å². The number of hydrogen-bond acceptors (Lipinski definition) is 5. The third kappa shape index (κ3) is 15.8. The third-order valence-electron chi connectivity index (χ3n) is 7.05. The number of carbonyl (C=O) groups excluding carboxylic acids is 2. The highest BCUT2D eigenvalue weighted by Gasteiger charge is 2.16. The van der Waals surface area contributed by atoms with E-state index in [0.29, 0.717) is 6.42 Å². The van der Waals surface area contributed by atoms with Crippen molar-refractivity contribution in [1.29, 1.82) is 0 Å². The van der Waals surface area contributed by atoms with E-state index in [0.717, 1.165) is 35.5 Å². The monoisotopic (exact) mass is 637 g/mol. The highest BCUT2D eigenvalue weighted by Crippen LogP contribution is 2.28. The lowest BCUT2D eigenvalue weighted by molar-refractivity contribution is -0.138. The Morgan fingerprint density at radius 3 is 1.98 bits per heavy atom. The fraction of sp³-hybridized carbons (Fsp3) is 0.333. The molecule has 2 unspecified atom stereocenters. The summed E-state index contributed by atoms with van der Waals surface area (Å²) in [6.07, 6.45) is 42.9. The molecule has 2 aliphatic rings. The Morgan fingerprint density at radius 1 is 0.830 bits per heavy atom. The molecule has 2 atom stereocenters. The minimum atomic E-state index is -0.446. The second-order valence-electron chi connectivity index (χ2n) is 10.3. The maximum Gasteiger partial charge on any atom is 0.330 e. The van der Waals surface area contributed by atoms with Gasteiger partial charge in [0, 0.05) is 35.2 Å². The summed E-state index contributed by atoms with van der Waals surface area (Å²) in [5, 5.41) is 0. The van der Waals surface area contributed by atoms with E-state index in [1.165, 1.54) is 23.3 Å². The number of allylic oxidation sites excluding steroid dienone is 14. The molecule has 0 bridgehead atoms. The summed E-state index contributed by atoms with van der Waals surface area (Å²) in [6, 6.07) is 0. The van der Waals surface area contributed by atoms with E-state index in [1.54, 1.807) is 0 Å². The molecular formula is C42H55NO4. The fourth-order valence-electron chi connectivity index (χ4n) is 4.42. The molecule has 0 heterocycles. The maximum atomic E-state index is 11.6. The molecule has 0 spiro atoms. The van der Waals surface area contributed by atoms with Gasteiger partial charge >= 0.3 is 11.9 Å². The molecule has 0 amide bonds. The van der Waals surface area contributed by atoms with Gasteiger partial charge in [0.15, 0.2) is 0 Å². The smallest absolute Gasteiger partial charge is 0.330 e. The molecule has 252 valence electrons. The van der Waals surface area contributed by atoms with Gasteiger partial charge in [-0.25, -0.2) is 9.59 Å². The first-order chi connectivity index (χ1) is 22.8. The van der Waals surface area contributed by atoms with Gasteiger partial charge in [-0.2, -0.15) is 0 Å². The van der Waals surface area contributed by atoms with Crippen molar-refractivity contribution in [1.82, 2.24) is 4.90 Å². The average molecular weight is 638 g/mol. The fourth-order valence-corrected chi connectivity index (χ4v) is 4.42. The Kier molecular flexibility index (Phi) is 22.8. The molecule has 5 nitrogen and oxygen atoms in total. The van der Waals surface area contributed by atoms with Gasteiger partial charge in [0.25, 0.3) is 0 Å². The number of esters is 2. The van der Waals surface area contributed by atoms with Crippen LogP contribution in [0.5, 0.6) is 0 Å². The molecule has 5 heteroatoms. The van der Waals surface area contributed by atoms with Crippen molar-refractivity contribution in [3.63, 3.8) is 0 Å². The quantitative estimate of drug-likeness (QED) is 0.0774.